The van der Waals surface area contributed by atoms with Gasteiger partial charge in [-0.05, 0) is 26.3 Å². The van der Waals surface area contributed by atoms with Gasteiger partial charge in [0.25, 0.3) is 5.91 Å². The van der Waals surface area contributed by atoms with E-state index in [2.05, 4.69) is 5.32 Å². The number of carbonyl (C=O) groups excluding carboxylic acids is 3. The minimum absolute atomic E-state index is 0.208. The fraction of sp³-hybridized carbons (Fsp3) is 0.474. The number of rotatable bonds is 3. The molecule has 0 spiro atoms. The van der Waals surface area contributed by atoms with Crippen LogP contribution in [0.5, 0.6) is 0 Å². The lowest BCUT2D eigenvalue weighted by atomic mass is 9.93. The van der Waals surface area contributed by atoms with Crippen LogP contribution in [0, 0.1) is 6.92 Å². The van der Waals surface area contributed by atoms with Gasteiger partial charge in [0.2, 0.25) is 11.8 Å². The lowest BCUT2D eigenvalue weighted by molar-refractivity contribution is -0.171. The van der Waals surface area contributed by atoms with E-state index in [0.29, 0.717) is 5.56 Å². The van der Waals surface area contributed by atoms with E-state index in [1.807, 2.05) is 19.1 Å². The maximum absolute atomic E-state index is 13.1. The molecule has 9 heteroatoms. The second-order valence-corrected chi connectivity index (χ2v) is 9.69. The molecule has 3 saturated heterocycles. The predicted octanol–water partition coefficient (Wildman–Crippen LogP) is 0.510. The number of carbonyl (C=O) groups is 4. The zero-order valence-electron chi connectivity index (χ0n) is 15.7. The monoisotopic (exact) mass is 403 g/mol. The van der Waals surface area contributed by atoms with E-state index in [-0.39, 0.29) is 18.4 Å². The molecule has 1 unspecified atom stereocenters. The lowest BCUT2D eigenvalue weighted by Gasteiger charge is -2.49. The van der Waals surface area contributed by atoms with E-state index in [1.165, 1.54) is 21.6 Å². The van der Waals surface area contributed by atoms with Crippen molar-refractivity contribution in [1.29, 1.82) is 0 Å². The Balaban J connectivity index is 1.62. The summed E-state index contributed by atoms with van der Waals surface area (Å²) < 4.78 is -0.682. The van der Waals surface area contributed by atoms with Gasteiger partial charge >= 0.3 is 5.97 Å². The van der Waals surface area contributed by atoms with Crippen LogP contribution in [0.3, 0.4) is 0 Å². The van der Waals surface area contributed by atoms with Gasteiger partial charge in [0.05, 0.1) is 0 Å². The van der Waals surface area contributed by atoms with Crippen LogP contribution in [0.1, 0.15) is 31.0 Å². The SMILES string of the molecule is Cc1ccc(C2NC(=O)CN([C@@H]3C(=O)N4[C@@H]3SC(C)(C)[C@@H]4C(=O)O)C2=O)cc1. The number of amides is 3. The number of hydrogen-bond acceptors (Lipinski definition) is 5. The summed E-state index contributed by atoms with van der Waals surface area (Å²) in [5.74, 6) is -2.17. The number of hydrogen-bond donors (Lipinski definition) is 2. The summed E-state index contributed by atoms with van der Waals surface area (Å²) in [7, 11) is 0. The largest absolute Gasteiger partial charge is 0.480 e. The number of thioether (sulfide) groups is 1. The maximum Gasteiger partial charge on any atom is 0.327 e. The molecule has 0 aliphatic carbocycles. The number of carboxylic acid groups (broad SMARTS) is 1. The third-order valence-corrected chi connectivity index (χ3v) is 7.10. The Morgan fingerprint density at radius 1 is 1.18 bits per heavy atom. The molecule has 0 aromatic heterocycles. The van der Waals surface area contributed by atoms with Gasteiger partial charge < -0.3 is 20.2 Å². The zero-order valence-corrected chi connectivity index (χ0v) is 16.5. The smallest absolute Gasteiger partial charge is 0.327 e. The number of aryl methyl sites for hydroxylation is 1. The Morgan fingerprint density at radius 2 is 1.82 bits per heavy atom. The Bertz CT molecular complexity index is 884. The molecule has 0 bridgehead atoms. The first-order chi connectivity index (χ1) is 13.1. The van der Waals surface area contributed by atoms with Crippen LogP contribution in [-0.2, 0) is 19.2 Å². The predicted molar refractivity (Wildman–Crippen MR) is 101 cm³/mol. The van der Waals surface area contributed by atoms with Gasteiger partial charge in [0.15, 0.2) is 0 Å². The molecule has 0 radical (unpaired) electrons. The Labute approximate surface area is 166 Å². The van der Waals surface area contributed by atoms with Crippen LogP contribution >= 0.6 is 11.8 Å². The molecule has 4 atom stereocenters. The number of carboxylic acids is 1. The number of nitrogens with one attached hydrogen (secondary N) is 1. The molecule has 3 aliphatic heterocycles. The first kappa shape index (κ1) is 18.8. The van der Waals surface area contributed by atoms with Crippen molar-refractivity contribution in [3.05, 3.63) is 35.4 Å². The van der Waals surface area contributed by atoms with Crippen molar-refractivity contribution < 1.29 is 24.3 Å². The lowest BCUT2D eigenvalue weighted by Crippen LogP contribution is -2.73. The molecule has 3 amide bonds. The number of benzene rings is 1. The number of aliphatic carboxylic acids is 1. The number of piperazine rings is 1. The van der Waals surface area contributed by atoms with Crippen LogP contribution in [0.15, 0.2) is 24.3 Å². The molecule has 0 saturated carbocycles. The average Bonchev–Trinajstić information content (AvgIpc) is 2.86. The molecule has 1 aromatic carbocycles. The van der Waals surface area contributed by atoms with Crippen LogP contribution in [0.25, 0.3) is 0 Å². The second kappa shape index (κ2) is 6.23. The summed E-state index contributed by atoms with van der Waals surface area (Å²) in [4.78, 5) is 52.5. The minimum atomic E-state index is -1.06. The van der Waals surface area contributed by atoms with Gasteiger partial charge in [-0.2, -0.15) is 0 Å². The highest BCUT2D eigenvalue weighted by atomic mass is 32.2. The van der Waals surface area contributed by atoms with Gasteiger partial charge in [-0.3, -0.25) is 14.4 Å². The molecule has 3 fully saturated rings. The molecule has 8 nitrogen and oxygen atoms in total. The molecular weight excluding hydrogens is 382 g/mol. The van der Waals surface area contributed by atoms with Crippen LogP contribution in [0.4, 0.5) is 0 Å². The fourth-order valence-corrected chi connectivity index (χ4v) is 5.86. The molecular formula is C19H21N3O5S. The van der Waals surface area contributed by atoms with Gasteiger partial charge in [0.1, 0.15) is 30.0 Å². The van der Waals surface area contributed by atoms with Crippen molar-refractivity contribution in [3.63, 3.8) is 0 Å². The summed E-state index contributed by atoms with van der Waals surface area (Å²) in [6.45, 7) is 5.27. The standard InChI is InChI=1S/C19H21N3O5S/c1-9-4-6-10(7-5-9)12-15(24)21(8-11(23)20-12)13-16(25)22-14(18(26)27)19(2,3)28-17(13)22/h4-7,12-14,17H,8H2,1-3H3,(H,20,23)(H,26,27)/t12?,13-,14+,17-/m1/s1. The molecule has 3 aliphatic rings. The van der Waals surface area contributed by atoms with Crippen molar-refractivity contribution >= 4 is 35.5 Å². The van der Waals surface area contributed by atoms with E-state index >= 15 is 0 Å². The number of β-lactam (4-membered cyclic amide) rings is 1. The van der Waals surface area contributed by atoms with Gasteiger partial charge in [0, 0.05) is 4.75 Å². The molecule has 28 heavy (non-hydrogen) atoms. The van der Waals surface area contributed by atoms with Crippen molar-refractivity contribution in [2.24, 2.45) is 0 Å². The van der Waals surface area contributed by atoms with E-state index in [9.17, 15) is 24.3 Å². The second-order valence-electron chi connectivity index (χ2n) is 7.92. The highest BCUT2D eigenvalue weighted by Crippen LogP contribution is 2.52. The van der Waals surface area contributed by atoms with E-state index in [0.717, 1.165) is 5.56 Å². The highest BCUT2D eigenvalue weighted by molar-refractivity contribution is 8.01. The summed E-state index contributed by atoms with van der Waals surface area (Å²) >= 11 is 1.36. The first-order valence-electron chi connectivity index (χ1n) is 9.01. The Morgan fingerprint density at radius 3 is 2.43 bits per heavy atom. The van der Waals surface area contributed by atoms with Crippen molar-refractivity contribution in [1.82, 2.24) is 15.1 Å². The molecule has 2 N–H and O–H groups in total. The first-order valence-corrected chi connectivity index (χ1v) is 9.89. The topological polar surface area (TPSA) is 107 Å². The van der Waals surface area contributed by atoms with Gasteiger partial charge in [-0.25, -0.2) is 4.79 Å². The van der Waals surface area contributed by atoms with Crippen molar-refractivity contribution in [3.8, 4) is 0 Å². The summed E-state index contributed by atoms with van der Waals surface area (Å²) in [5.41, 5.74) is 1.68. The number of nitrogens with zero attached hydrogens (tertiary/aromatic N) is 2. The highest BCUT2D eigenvalue weighted by Gasteiger charge is 2.66. The summed E-state index contributed by atoms with van der Waals surface area (Å²) in [5, 5.41) is 11.8. The minimum Gasteiger partial charge on any atom is -0.480 e. The fourth-order valence-electron chi connectivity index (χ4n) is 4.17. The normalized spacial score (nSPS) is 31.3. The quantitative estimate of drug-likeness (QED) is 0.713. The van der Waals surface area contributed by atoms with E-state index < -0.39 is 40.1 Å². The molecule has 1 aromatic rings. The zero-order chi connectivity index (χ0) is 20.4. The van der Waals surface area contributed by atoms with Gasteiger partial charge in [-0.1, -0.05) is 29.8 Å². The van der Waals surface area contributed by atoms with Crippen molar-refractivity contribution in [2.45, 2.75) is 49.0 Å². The van der Waals surface area contributed by atoms with Crippen LogP contribution in [-0.4, -0.2) is 67.3 Å². The van der Waals surface area contributed by atoms with Crippen LogP contribution < -0.4 is 5.32 Å². The third-order valence-electron chi connectivity index (χ3n) is 5.54. The van der Waals surface area contributed by atoms with E-state index in [4.69, 9.17) is 0 Å². The molecule has 148 valence electrons. The van der Waals surface area contributed by atoms with Crippen LogP contribution in [0.2, 0.25) is 0 Å². The summed E-state index contributed by atoms with van der Waals surface area (Å²) in [6, 6.07) is 4.66. The van der Waals surface area contributed by atoms with E-state index in [1.54, 1.807) is 26.0 Å². The Hall–Kier alpha value is -2.55. The number of fused-ring (bicyclic) bond motifs is 1. The Kier molecular flexibility index (Phi) is 4.18. The molecule has 4 rings (SSSR count). The molecule has 3 heterocycles. The average molecular weight is 403 g/mol. The van der Waals surface area contributed by atoms with Gasteiger partial charge in [-0.15, -0.1) is 11.8 Å². The third kappa shape index (κ3) is 2.68. The summed E-state index contributed by atoms with van der Waals surface area (Å²) in [6.07, 6.45) is 0. The van der Waals surface area contributed by atoms with Crippen molar-refractivity contribution in [2.75, 3.05) is 6.54 Å². The maximum atomic E-state index is 13.1.